The van der Waals surface area contributed by atoms with Crippen LogP contribution in [0.3, 0.4) is 0 Å². The van der Waals surface area contributed by atoms with Crippen molar-refractivity contribution in [1.82, 2.24) is 5.32 Å². The molecular formula is C16H22N2O3. The van der Waals surface area contributed by atoms with Crippen LogP contribution in [0.4, 0.5) is 0 Å². The van der Waals surface area contributed by atoms with Gasteiger partial charge in [-0.05, 0) is 31.7 Å². The Balaban J connectivity index is 2.09. The van der Waals surface area contributed by atoms with Crippen LogP contribution < -0.4 is 11.1 Å². The van der Waals surface area contributed by atoms with Gasteiger partial charge < -0.3 is 15.8 Å². The Kier molecular flexibility index (Phi) is 5.33. The summed E-state index contributed by atoms with van der Waals surface area (Å²) in [4.78, 5) is 24.4. The summed E-state index contributed by atoms with van der Waals surface area (Å²) in [5.41, 5.74) is 6.57. The van der Waals surface area contributed by atoms with E-state index in [4.69, 9.17) is 10.5 Å². The van der Waals surface area contributed by atoms with Crippen molar-refractivity contribution < 1.29 is 14.3 Å². The van der Waals surface area contributed by atoms with E-state index in [0.717, 1.165) is 18.4 Å². The molecule has 1 saturated carbocycles. The Morgan fingerprint density at radius 1 is 1.33 bits per heavy atom. The maximum absolute atomic E-state index is 12.3. The third-order valence-electron chi connectivity index (χ3n) is 3.79. The first kappa shape index (κ1) is 15.5. The molecule has 21 heavy (non-hydrogen) atoms. The van der Waals surface area contributed by atoms with Gasteiger partial charge in [-0.15, -0.1) is 0 Å². The van der Waals surface area contributed by atoms with Gasteiger partial charge in [0.25, 0.3) is 0 Å². The van der Waals surface area contributed by atoms with Gasteiger partial charge >= 0.3 is 5.97 Å². The van der Waals surface area contributed by atoms with Gasteiger partial charge in [-0.3, -0.25) is 4.79 Å². The van der Waals surface area contributed by atoms with Gasteiger partial charge in [0, 0.05) is 12.0 Å². The monoisotopic (exact) mass is 290 g/mol. The Morgan fingerprint density at radius 2 is 2.05 bits per heavy atom. The van der Waals surface area contributed by atoms with Crippen molar-refractivity contribution in [2.75, 3.05) is 6.61 Å². The van der Waals surface area contributed by atoms with E-state index in [1.807, 2.05) is 30.3 Å². The highest BCUT2D eigenvalue weighted by molar-refractivity contribution is 5.86. The third-order valence-corrected chi connectivity index (χ3v) is 3.79. The molecule has 0 saturated heterocycles. The summed E-state index contributed by atoms with van der Waals surface area (Å²) >= 11 is 0. The summed E-state index contributed by atoms with van der Waals surface area (Å²) in [6.07, 6.45) is 2.31. The minimum Gasteiger partial charge on any atom is -0.464 e. The van der Waals surface area contributed by atoms with Gasteiger partial charge in [0.05, 0.1) is 6.61 Å². The van der Waals surface area contributed by atoms with E-state index in [2.05, 4.69) is 5.32 Å². The predicted octanol–water partition coefficient (Wildman–Crippen LogP) is 1.53. The van der Waals surface area contributed by atoms with Crippen LogP contribution in [0.1, 0.15) is 37.8 Å². The predicted molar refractivity (Wildman–Crippen MR) is 79.3 cm³/mol. The number of hydrogen-bond acceptors (Lipinski definition) is 4. The molecule has 1 aromatic rings. The highest BCUT2D eigenvalue weighted by atomic mass is 16.5. The number of nitrogens with one attached hydrogen (secondary N) is 1. The van der Waals surface area contributed by atoms with Crippen LogP contribution in [-0.4, -0.2) is 24.5 Å². The van der Waals surface area contributed by atoms with Crippen LogP contribution in [0.2, 0.25) is 0 Å². The van der Waals surface area contributed by atoms with Crippen molar-refractivity contribution in [1.29, 1.82) is 0 Å². The molecule has 5 nitrogen and oxygen atoms in total. The molecule has 3 N–H and O–H groups in total. The van der Waals surface area contributed by atoms with E-state index in [1.54, 1.807) is 6.92 Å². The third kappa shape index (κ3) is 4.04. The van der Waals surface area contributed by atoms with Crippen molar-refractivity contribution in [3.05, 3.63) is 35.9 Å². The number of rotatable bonds is 5. The summed E-state index contributed by atoms with van der Waals surface area (Å²) in [6.45, 7) is 2.03. The number of carbonyl (C=O) groups excluding carboxylic acids is 2. The molecule has 2 unspecified atom stereocenters. The number of amides is 1. The molecule has 1 aliphatic rings. The molecule has 114 valence electrons. The number of benzene rings is 1. The van der Waals surface area contributed by atoms with E-state index < -0.39 is 12.0 Å². The maximum atomic E-state index is 12.3. The fourth-order valence-electron chi connectivity index (χ4n) is 2.66. The number of ether oxygens (including phenoxy) is 1. The highest BCUT2D eigenvalue weighted by Gasteiger charge is 2.31. The summed E-state index contributed by atoms with van der Waals surface area (Å²) in [6, 6.07) is 8.47. The summed E-state index contributed by atoms with van der Waals surface area (Å²) in [5, 5.41) is 2.81. The maximum Gasteiger partial charge on any atom is 0.333 e. The van der Waals surface area contributed by atoms with Gasteiger partial charge in [-0.1, -0.05) is 30.3 Å². The topological polar surface area (TPSA) is 81.4 Å². The van der Waals surface area contributed by atoms with Crippen LogP contribution in [0.5, 0.6) is 0 Å². The molecule has 0 aliphatic heterocycles. The van der Waals surface area contributed by atoms with Gasteiger partial charge in [0.2, 0.25) is 5.91 Å². The summed E-state index contributed by atoms with van der Waals surface area (Å²) in [7, 11) is 0. The zero-order valence-corrected chi connectivity index (χ0v) is 12.2. The average Bonchev–Trinajstić information content (AvgIpc) is 2.92. The first-order valence-corrected chi connectivity index (χ1v) is 7.39. The Hall–Kier alpha value is -1.88. The molecule has 3 atom stereocenters. The van der Waals surface area contributed by atoms with Crippen molar-refractivity contribution in [3.63, 3.8) is 0 Å². The number of esters is 1. The van der Waals surface area contributed by atoms with E-state index in [0.29, 0.717) is 6.42 Å². The van der Waals surface area contributed by atoms with Crippen molar-refractivity contribution in [2.24, 2.45) is 11.7 Å². The molecule has 1 fully saturated rings. The first-order valence-electron chi connectivity index (χ1n) is 7.39. The molecule has 0 bridgehead atoms. The van der Waals surface area contributed by atoms with E-state index >= 15 is 0 Å². The number of nitrogens with two attached hydrogens (primary N) is 1. The van der Waals surface area contributed by atoms with Crippen LogP contribution in [-0.2, 0) is 14.3 Å². The standard InChI is InChI=1S/C16H22N2O3/c1-2-21-16(20)14(11-6-4-3-5-7-11)18-15(19)12-8-9-13(17)10-12/h3-7,12-14H,2,8-10,17H2,1H3,(H,18,19)/t12?,13?,14-/m1/s1. The molecule has 2 rings (SSSR count). The number of hydrogen-bond donors (Lipinski definition) is 2. The van der Waals surface area contributed by atoms with Gasteiger partial charge in [-0.25, -0.2) is 4.79 Å². The van der Waals surface area contributed by atoms with Crippen LogP contribution in [0, 0.1) is 5.92 Å². The van der Waals surface area contributed by atoms with Crippen LogP contribution in [0.25, 0.3) is 0 Å². The molecular weight excluding hydrogens is 268 g/mol. The molecule has 5 heteroatoms. The molecule has 0 spiro atoms. The van der Waals surface area contributed by atoms with Crippen molar-refractivity contribution in [3.8, 4) is 0 Å². The van der Waals surface area contributed by atoms with Crippen LogP contribution >= 0.6 is 0 Å². The van der Waals surface area contributed by atoms with Gasteiger partial charge in [0.15, 0.2) is 6.04 Å². The second kappa shape index (κ2) is 7.22. The van der Waals surface area contributed by atoms with Crippen molar-refractivity contribution >= 4 is 11.9 Å². The number of carbonyl (C=O) groups is 2. The fraction of sp³-hybridized carbons (Fsp3) is 0.500. The smallest absolute Gasteiger partial charge is 0.333 e. The lowest BCUT2D eigenvalue weighted by molar-refractivity contribution is -0.148. The SMILES string of the molecule is CCOC(=O)[C@H](NC(=O)C1CCC(N)C1)c1ccccc1. The quantitative estimate of drug-likeness (QED) is 0.806. The Morgan fingerprint density at radius 3 is 2.62 bits per heavy atom. The lowest BCUT2D eigenvalue weighted by Crippen LogP contribution is -2.38. The van der Waals surface area contributed by atoms with Gasteiger partial charge in [0.1, 0.15) is 0 Å². The lowest BCUT2D eigenvalue weighted by Gasteiger charge is -2.20. The van der Waals surface area contributed by atoms with E-state index in [1.165, 1.54) is 0 Å². The fourth-order valence-corrected chi connectivity index (χ4v) is 2.66. The second-order valence-electron chi connectivity index (χ2n) is 5.37. The molecule has 0 radical (unpaired) electrons. The van der Waals surface area contributed by atoms with Crippen molar-refractivity contribution in [2.45, 2.75) is 38.3 Å². The zero-order valence-electron chi connectivity index (χ0n) is 12.2. The Bertz CT molecular complexity index is 490. The molecule has 0 aromatic heterocycles. The van der Waals surface area contributed by atoms with E-state index in [-0.39, 0.29) is 24.5 Å². The molecule has 0 heterocycles. The molecule has 1 aliphatic carbocycles. The second-order valence-corrected chi connectivity index (χ2v) is 5.37. The summed E-state index contributed by atoms with van der Waals surface area (Å²) < 4.78 is 5.06. The van der Waals surface area contributed by atoms with Gasteiger partial charge in [-0.2, -0.15) is 0 Å². The van der Waals surface area contributed by atoms with E-state index in [9.17, 15) is 9.59 Å². The van der Waals surface area contributed by atoms with Crippen LogP contribution in [0.15, 0.2) is 30.3 Å². The lowest BCUT2D eigenvalue weighted by atomic mass is 10.0. The zero-order chi connectivity index (χ0) is 15.2. The first-order chi connectivity index (χ1) is 10.1. The molecule has 1 amide bonds. The minimum absolute atomic E-state index is 0.0820. The highest BCUT2D eigenvalue weighted by Crippen LogP contribution is 2.25. The normalized spacial score (nSPS) is 22.6. The summed E-state index contributed by atoms with van der Waals surface area (Å²) in [5.74, 6) is -0.662. The minimum atomic E-state index is -0.754. The largest absolute Gasteiger partial charge is 0.464 e. The molecule has 1 aromatic carbocycles. The Labute approximate surface area is 124 Å². The average molecular weight is 290 g/mol.